The predicted molar refractivity (Wildman–Crippen MR) is 114 cm³/mol. The van der Waals surface area contributed by atoms with Gasteiger partial charge in [0.25, 0.3) is 0 Å². The van der Waals surface area contributed by atoms with E-state index in [0.717, 1.165) is 34.6 Å². The lowest BCUT2D eigenvalue weighted by Crippen LogP contribution is -2.39. The molecule has 1 unspecified atom stereocenters. The molecule has 0 saturated carbocycles. The maximum absolute atomic E-state index is 13.0. The highest BCUT2D eigenvalue weighted by Gasteiger charge is 2.34. The van der Waals surface area contributed by atoms with Crippen LogP contribution in [0.25, 0.3) is 6.08 Å². The number of thiophene rings is 1. The van der Waals surface area contributed by atoms with Gasteiger partial charge in [0.05, 0.1) is 11.6 Å². The number of benzene rings is 2. The zero-order valence-electron chi connectivity index (χ0n) is 15.7. The van der Waals surface area contributed by atoms with Gasteiger partial charge < -0.3 is 4.90 Å². The van der Waals surface area contributed by atoms with Gasteiger partial charge in [-0.15, -0.1) is 11.3 Å². The van der Waals surface area contributed by atoms with Gasteiger partial charge in [-0.2, -0.15) is 13.2 Å². The number of fused-ring (bicyclic) bond motifs is 1. The summed E-state index contributed by atoms with van der Waals surface area (Å²) >= 11 is 7.50. The fourth-order valence-corrected chi connectivity index (χ4v) is 4.63. The van der Waals surface area contributed by atoms with Gasteiger partial charge in [-0.05, 0) is 64.9 Å². The van der Waals surface area contributed by atoms with Gasteiger partial charge in [0.1, 0.15) is 0 Å². The molecule has 1 aliphatic heterocycles. The van der Waals surface area contributed by atoms with Crippen LogP contribution in [0.5, 0.6) is 0 Å². The molecule has 4 rings (SSSR count). The van der Waals surface area contributed by atoms with Crippen molar-refractivity contribution in [3.63, 3.8) is 0 Å². The minimum absolute atomic E-state index is 0.188. The Labute approximate surface area is 181 Å². The summed E-state index contributed by atoms with van der Waals surface area (Å²) in [5, 5.41) is 2.57. The summed E-state index contributed by atoms with van der Waals surface area (Å²) in [5.41, 5.74) is 1.77. The zero-order chi connectivity index (χ0) is 21.3. The van der Waals surface area contributed by atoms with E-state index in [1.165, 1.54) is 18.2 Å². The molecule has 0 saturated heterocycles. The fourth-order valence-electron chi connectivity index (χ4n) is 3.60. The average molecular weight is 448 g/mol. The number of hydrogen-bond donors (Lipinski definition) is 0. The fraction of sp³-hybridized carbons (Fsp3) is 0.174. The molecular weight excluding hydrogens is 431 g/mol. The Morgan fingerprint density at radius 1 is 1.07 bits per heavy atom. The van der Waals surface area contributed by atoms with Crippen molar-refractivity contribution < 1.29 is 18.0 Å². The van der Waals surface area contributed by atoms with Gasteiger partial charge in [-0.1, -0.05) is 35.9 Å². The summed E-state index contributed by atoms with van der Waals surface area (Å²) < 4.78 is 38.9. The molecule has 7 heteroatoms. The molecular formula is C23H17ClF3NOS. The van der Waals surface area contributed by atoms with Gasteiger partial charge in [0.15, 0.2) is 0 Å². The van der Waals surface area contributed by atoms with Crippen molar-refractivity contribution in [2.75, 3.05) is 6.54 Å². The van der Waals surface area contributed by atoms with E-state index in [0.29, 0.717) is 17.1 Å². The van der Waals surface area contributed by atoms with Crippen LogP contribution in [-0.2, 0) is 17.4 Å². The van der Waals surface area contributed by atoms with E-state index in [4.69, 9.17) is 11.6 Å². The number of amides is 1. The van der Waals surface area contributed by atoms with Crippen LogP contribution in [0.15, 0.2) is 66.1 Å². The molecule has 0 fully saturated rings. The molecule has 1 aromatic heterocycles. The number of nitrogens with zero attached hydrogens (tertiary/aromatic N) is 1. The Bertz CT molecular complexity index is 1070. The van der Waals surface area contributed by atoms with E-state index in [1.807, 2.05) is 23.6 Å². The molecule has 0 bridgehead atoms. The van der Waals surface area contributed by atoms with E-state index in [1.54, 1.807) is 34.4 Å². The van der Waals surface area contributed by atoms with Gasteiger partial charge in [0.2, 0.25) is 5.91 Å². The third-order valence-electron chi connectivity index (χ3n) is 5.09. The standard InChI is InChI=1S/C23H17ClF3NOS/c24-18-8-1-15(2-9-18)3-10-21(29)28-13-11-20-19(12-14-30-20)22(28)16-4-6-17(7-5-16)23(25,26)27/h1-10,12,14,22H,11,13H2. The van der Waals surface area contributed by atoms with Gasteiger partial charge in [-0.3, -0.25) is 4.79 Å². The average Bonchev–Trinajstić information content (AvgIpc) is 3.21. The number of carbonyl (C=O) groups excluding carboxylic acids is 1. The summed E-state index contributed by atoms with van der Waals surface area (Å²) in [4.78, 5) is 15.9. The Hall–Kier alpha value is -2.57. The number of alkyl halides is 3. The molecule has 1 aliphatic rings. The molecule has 1 atom stereocenters. The smallest absolute Gasteiger partial charge is 0.328 e. The lowest BCUT2D eigenvalue weighted by molar-refractivity contribution is -0.137. The minimum atomic E-state index is -4.39. The summed E-state index contributed by atoms with van der Waals surface area (Å²) in [6, 6.07) is 13.7. The molecule has 2 nitrogen and oxygen atoms in total. The monoisotopic (exact) mass is 447 g/mol. The maximum Gasteiger partial charge on any atom is 0.416 e. The van der Waals surface area contributed by atoms with E-state index in [9.17, 15) is 18.0 Å². The summed E-state index contributed by atoms with van der Waals surface area (Å²) in [7, 11) is 0. The third-order valence-corrected chi connectivity index (χ3v) is 6.34. The molecule has 0 aliphatic carbocycles. The van der Waals surface area contributed by atoms with Crippen LogP contribution in [0.2, 0.25) is 5.02 Å². The second kappa shape index (κ2) is 8.28. The van der Waals surface area contributed by atoms with Gasteiger partial charge in [-0.25, -0.2) is 0 Å². The Balaban J connectivity index is 1.64. The molecule has 30 heavy (non-hydrogen) atoms. The summed E-state index contributed by atoms with van der Waals surface area (Å²) in [6.07, 6.45) is -0.455. The number of hydrogen-bond acceptors (Lipinski definition) is 2. The Kier molecular flexibility index (Phi) is 5.71. The highest BCUT2D eigenvalue weighted by atomic mass is 35.5. The lowest BCUT2D eigenvalue weighted by Gasteiger charge is -2.35. The second-order valence-corrected chi connectivity index (χ2v) is 8.43. The number of halogens is 4. The normalized spacial score (nSPS) is 16.7. The highest BCUT2D eigenvalue weighted by Crippen LogP contribution is 2.39. The topological polar surface area (TPSA) is 20.3 Å². The largest absolute Gasteiger partial charge is 0.416 e. The molecule has 2 aromatic carbocycles. The Morgan fingerprint density at radius 3 is 2.43 bits per heavy atom. The second-order valence-electron chi connectivity index (χ2n) is 6.99. The SMILES string of the molecule is O=C(C=Cc1ccc(Cl)cc1)N1CCc2sccc2C1c1ccc(C(F)(F)F)cc1. The van der Waals surface area contributed by atoms with Crippen molar-refractivity contribution in [1.82, 2.24) is 4.90 Å². The van der Waals surface area contributed by atoms with Crippen molar-refractivity contribution in [1.29, 1.82) is 0 Å². The van der Waals surface area contributed by atoms with E-state index >= 15 is 0 Å². The van der Waals surface area contributed by atoms with Crippen LogP contribution in [0, 0.1) is 0 Å². The first-order valence-corrected chi connectivity index (χ1v) is 10.6. The van der Waals surface area contributed by atoms with Gasteiger partial charge in [0, 0.05) is 22.5 Å². The van der Waals surface area contributed by atoms with Crippen LogP contribution in [-0.4, -0.2) is 17.4 Å². The minimum Gasteiger partial charge on any atom is -0.328 e. The van der Waals surface area contributed by atoms with Crippen molar-refractivity contribution in [2.45, 2.75) is 18.6 Å². The van der Waals surface area contributed by atoms with Crippen molar-refractivity contribution in [3.8, 4) is 0 Å². The molecule has 2 heterocycles. The quantitative estimate of drug-likeness (QED) is 0.414. The molecule has 1 amide bonds. The first-order valence-electron chi connectivity index (χ1n) is 9.30. The van der Waals surface area contributed by atoms with E-state index in [-0.39, 0.29) is 5.91 Å². The zero-order valence-corrected chi connectivity index (χ0v) is 17.3. The predicted octanol–water partition coefficient (Wildman–Crippen LogP) is 6.61. The lowest BCUT2D eigenvalue weighted by atomic mass is 9.92. The van der Waals surface area contributed by atoms with Crippen molar-refractivity contribution >= 4 is 34.9 Å². The van der Waals surface area contributed by atoms with Crippen LogP contribution < -0.4 is 0 Å². The van der Waals surface area contributed by atoms with Crippen LogP contribution in [0.1, 0.15) is 33.2 Å². The molecule has 0 spiro atoms. The maximum atomic E-state index is 13.0. The van der Waals surface area contributed by atoms with Gasteiger partial charge >= 0.3 is 6.18 Å². The highest BCUT2D eigenvalue weighted by molar-refractivity contribution is 7.10. The van der Waals surface area contributed by atoms with Crippen molar-refractivity contribution in [2.24, 2.45) is 0 Å². The molecule has 3 aromatic rings. The van der Waals surface area contributed by atoms with Crippen molar-refractivity contribution in [3.05, 3.63) is 98.2 Å². The molecule has 0 N–H and O–H groups in total. The Morgan fingerprint density at radius 2 is 1.77 bits per heavy atom. The third kappa shape index (κ3) is 4.30. The molecule has 154 valence electrons. The number of carbonyl (C=O) groups is 1. The van der Waals surface area contributed by atoms with E-state index in [2.05, 4.69) is 0 Å². The first-order chi connectivity index (χ1) is 14.3. The summed E-state index contributed by atoms with van der Waals surface area (Å²) in [6.45, 7) is 0.503. The van der Waals surface area contributed by atoms with Crippen LogP contribution in [0.4, 0.5) is 13.2 Å². The number of rotatable bonds is 3. The van der Waals surface area contributed by atoms with E-state index < -0.39 is 17.8 Å². The van der Waals surface area contributed by atoms with Crippen LogP contribution >= 0.6 is 22.9 Å². The van der Waals surface area contributed by atoms with Crippen LogP contribution in [0.3, 0.4) is 0 Å². The molecule has 0 radical (unpaired) electrons. The first kappa shape index (κ1) is 20.7. The summed E-state index contributed by atoms with van der Waals surface area (Å²) in [5.74, 6) is -0.188.